The molecule has 1 aliphatic heterocycles. The maximum absolute atomic E-state index is 11.9. The Morgan fingerprint density at radius 1 is 1.31 bits per heavy atom. The Morgan fingerprint density at radius 3 is 2.38 bits per heavy atom. The van der Waals surface area contributed by atoms with Crippen LogP contribution in [0.1, 0.15) is 59.3 Å². The average molecular weight is 226 g/mol. The zero-order valence-electron chi connectivity index (χ0n) is 10.9. The van der Waals surface area contributed by atoms with Crippen LogP contribution in [-0.2, 0) is 4.79 Å². The van der Waals surface area contributed by atoms with E-state index in [1.54, 1.807) is 0 Å². The van der Waals surface area contributed by atoms with Gasteiger partial charge in [-0.3, -0.25) is 4.79 Å². The molecule has 0 bridgehead atoms. The van der Waals surface area contributed by atoms with E-state index in [2.05, 4.69) is 31.4 Å². The lowest BCUT2D eigenvalue weighted by atomic mass is 9.89. The summed E-state index contributed by atoms with van der Waals surface area (Å²) in [6, 6.07) is 0.406. The van der Waals surface area contributed by atoms with Crippen LogP contribution in [0.2, 0.25) is 0 Å². The fourth-order valence-corrected chi connectivity index (χ4v) is 2.52. The summed E-state index contributed by atoms with van der Waals surface area (Å²) in [5.74, 6) is 0.213. The number of amides is 1. The van der Waals surface area contributed by atoms with Gasteiger partial charge in [0.1, 0.15) is 0 Å². The summed E-state index contributed by atoms with van der Waals surface area (Å²) < 4.78 is 0. The standard InChI is InChI=1S/C13H26N2O/c1-4-13(5-2,6-3)15-12(16)10-11-8-7-9-14-11/h11,14H,4-10H2,1-3H3,(H,15,16). The summed E-state index contributed by atoms with van der Waals surface area (Å²) >= 11 is 0. The minimum atomic E-state index is 0.0235. The third kappa shape index (κ3) is 3.48. The molecule has 16 heavy (non-hydrogen) atoms. The summed E-state index contributed by atoms with van der Waals surface area (Å²) in [4.78, 5) is 11.9. The molecule has 1 amide bonds. The van der Waals surface area contributed by atoms with Crippen molar-refractivity contribution in [3.05, 3.63) is 0 Å². The Kier molecular flexibility index (Phi) is 5.26. The van der Waals surface area contributed by atoms with Crippen molar-refractivity contribution >= 4 is 5.91 Å². The highest BCUT2D eigenvalue weighted by Gasteiger charge is 2.27. The van der Waals surface area contributed by atoms with Crippen molar-refractivity contribution in [2.24, 2.45) is 0 Å². The number of carbonyl (C=O) groups is 1. The highest BCUT2D eigenvalue weighted by atomic mass is 16.1. The minimum absolute atomic E-state index is 0.0235. The predicted octanol–water partition coefficient (Wildman–Crippen LogP) is 2.21. The van der Waals surface area contributed by atoms with Crippen LogP contribution in [0.5, 0.6) is 0 Å². The van der Waals surface area contributed by atoms with E-state index >= 15 is 0 Å². The number of rotatable bonds is 6. The Morgan fingerprint density at radius 2 is 1.94 bits per heavy atom. The molecule has 1 fully saturated rings. The van der Waals surface area contributed by atoms with Gasteiger partial charge in [-0.1, -0.05) is 20.8 Å². The average Bonchev–Trinajstić information content (AvgIpc) is 2.79. The third-order valence-electron chi connectivity index (χ3n) is 4.03. The maximum Gasteiger partial charge on any atom is 0.221 e. The molecule has 0 radical (unpaired) electrons. The first-order valence-corrected chi connectivity index (χ1v) is 6.70. The monoisotopic (exact) mass is 226 g/mol. The van der Waals surface area contributed by atoms with Crippen molar-refractivity contribution in [1.82, 2.24) is 10.6 Å². The van der Waals surface area contributed by atoms with E-state index in [1.807, 2.05) is 0 Å². The van der Waals surface area contributed by atoms with Gasteiger partial charge < -0.3 is 10.6 Å². The summed E-state index contributed by atoms with van der Waals surface area (Å²) in [7, 11) is 0. The highest BCUT2D eigenvalue weighted by molar-refractivity contribution is 5.77. The fraction of sp³-hybridized carbons (Fsp3) is 0.923. The quantitative estimate of drug-likeness (QED) is 0.729. The molecule has 0 aromatic heterocycles. The first-order valence-electron chi connectivity index (χ1n) is 6.70. The molecule has 2 N–H and O–H groups in total. The molecule has 1 rings (SSSR count). The summed E-state index contributed by atoms with van der Waals surface area (Å²) in [5.41, 5.74) is 0.0235. The Labute approximate surface area is 99.4 Å². The van der Waals surface area contributed by atoms with Crippen LogP contribution in [0.3, 0.4) is 0 Å². The van der Waals surface area contributed by atoms with Crippen molar-refractivity contribution in [3.63, 3.8) is 0 Å². The number of nitrogens with one attached hydrogen (secondary N) is 2. The number of carbonyl (C=O) groups excluding carboxylic acids is 1. The van der Waals surface area contributed by atoms with Gasteiger partial charge in [0.15, 0.2) is 0 Å². The second kappa shape index (κ2) is 6.24. The van der Waals surface area contributed by atoms with Crippen LogP contribution in [0.4, 0.5) is 0 Å². The van der Waals surface area contributed by atoms with Crippen LogP contribution in [0, 0.1) is 0 Å². The van der Waals surface area contributed by atoms with E-state index in [-0.39, 0.29) is 11.4 Å². The molecule has 94 valence electrons. The molecule has 1 heterocycles. The second-order valence-electron chi connectivity index (χ2n) is 4.89. The summed E-state index contributed by atoms with van der Waals surface area (Å²) in [6.45, 7) is 7.53. The molecule has 0 spiro atoms. The number of hydrogen-bond acceptors (Lipinski definition) is 2. The van der Waals surface area contributed by atoms with Gasteiger partial charge in [-0.05, 0) is 38.6 Å². The fourth-order valence-electron chi connectivity index (χ4n) is 2.52. The van der Waals surface area contributed by atoms with Gasteiger partial charge in [0, 0.05) is 18.0 Å². The summed E-state index contributed by atoms with van der Waals surface area (Å²) in [6.07, 6.45) is 6.04. The van der Waals surface area contributed by atoms with Gasteiger partial charge in [-0.15, -0.1) is 0 Å². The molecule has 3 nitrogen and oxygen atoms in total. The van der Waals surface area contributed by atoms with Gasteiger partial charge >= 0.3 is 0 Å². The van der Waals surface area contributed by atoms with Crippen LogP contribution in [0.25, 0.3) is 0 Å². The zero-order valence-corrected chi connectivity index (χ0v) is 10.9. The first kappa shape index (κ1) is 13.5. The Hall–Kier alpha value is -0.570. The van der Waals surface area contributed by atoms with E-state index < -0.39 is 0 Å². The lowest BCUT2D eigenvalue weighted by Crippen LogP contribution is -2.48. The second-order valence-corrected chi connectivity index (χ2v) is 4.89. The molecule has 1 aliphatic rings. The van der Waals surface area contributed by atoms with E-state index in [1.165, 1.54) is 6.42 Å². The van der Waals surface area contributed by atoms with Gasteiger partial charge in [0.25, 0.3) is 0 Å². The predicted molar refractivity (Wildman–Crippen MR) is 67.4 cm³/mol. The highest BCUT2D eigenvalue weighted by Crippen LogP contribution is 2.20. The van der Waals surface area contributed by atoms with Crippen molar-refractivity contribution in [1.29, 1.82) is 0 Å². The molecule has 3 heteroatoms. The lowest BCUT2D eigenvalue weighted by Gasteiger charge is -2.32. The Bertz CT molecular complexity index is 210. The van der Waals surface area contributed by atoms with E-state index in [4.69, 9.17) is 0 Å². The van der Waals surface area contributed by atoms with Crippen molar-refractivity contribution in [3.8, 4) is 0 Å². The number of hydrogen-bond donors (Lipinski definition) is 2. The molecule has 0 aliphatic carbocycles. The van der Waals surface area contributed by atoms with E-state index in [0.717, 1.165) is 32.2 Å². The zero-order chi connectivity index (χ0) is 12.0. The van der Waals surface area contributed by atoms with Gasteiger partial charge in [0.2, 0.25) is 5.91 Å². The van der Waals surface area contributed by atoms with Crippen molar-refractivity contribution in [2.75, 3.05) is 6.54 Å². The minimum Gasteiger partial charge on any atom is -0.351 e. The summed E-state index contributed by atoms with van der Waals surface area (Å²) in [5, 5.41) is 6.59. The van der Waals surface area contributed by atoms with Crippen LogP contribution >= 0.6 is 0 Å². The van der Waals surface area contributed by atoms with Crippen LogP contribution in [0.15, 0.2) is 0 Å². The van der Waals surface area contributed by atoms with E-state index in [0.29, 0.717) is 12.5 Å². The molecule has 0 aromatic rings. The molecular formula is C13H26N2O. The first-order chi connectivity index (χ1) is 7.65. The topological polar surface area (TPSA) is 41.1 Å². The van der Waals surface area contributed by atoms with Crippen LogP contribution in [-0.4, -0.2) is 24.0 Å². The third-order valence-corrected chi connectivity index (χ3v) is 4.03. The van der Waals surface area contributed by atoms with Crippen molar-refractivity contribution in [2.45, 2.75) is 70.9 Å². The lowest BCUT2D eigenvalue weighted by molar-refractivity contribution is -0.123. The normalized spacial score (nSPS) is 21.1. The SMILES string of the molecule is CCC(CC)(CC)NC(=O)CC1CCCN1. The molecule has 1 saturated heterocycles. The molecule has 1 atom stereocenters. The van der Waals surface area contributed by atoms with Crippen molar-refractivity contribution < 1.29 is 4.79 Å². The van der Waals surface area contributed by atoms with Gasteiger partial charge in [-0.2, -0.15) is 0 Å². The van der Waals surface area contributed by atoms with Crippen LogP contribution < -0.4 is 10.6 Å². The van der Waals surface area contributed by atoms with E-state index in [9.17, 15) is 4.79 Å². The Balaban J connectivity index is 2.41. The smallest absolute Gasteiger partial charge is 0.221 e. The molecule has 1 unspecified atom stereocenters. The molecule has 0 aromatic carbocycles. The molecular weight excluding hydrogens is 200 g/mol. The molecule has 0 saturated carbocycles. The van der Waals surface area contributed by atoms with Gasteiger partial charge in [0.05, 0.1) is 0 Å². The largest absolute Gasteiger partial charge is 0.351 e. The maximum atomic E-state index is 11.9. The van der Waals surface area contributed by atoms with Gasteiger partial charge in [-0.25, -0.2) is 0 Å².